The SMILES string of the molecule is CCS(=O)(=O)[C@H](CO)/C(=N/O)c1ccc(Cl)cc1Cl. The lowest BCUT2D eigenvalue weighted by Crippen LogP contribution is -2.35. The minimum Gasteiger partial charge on any atom is -0.411 e. The van der Waals surface area contributed by atoms with Gasteiger partial charge in [0.1, 0.15) is 11.0 Å². The van der Waals surface area contributed by atoms with Gasteiger partial charge in [-0.25, -0.2) is 8.42 Å². The second-order valence-electron chi connectivity index (χ2n) is 3.73. The summed E-state index contributed by atoms with van der Waals surface area (Å²) in [4.78, 5) is 0. The fourth-order valence-electron chi connectivity index (χ4n) is 1.56. The Morgan fingerprint density at radius 1 is 1.42 bits per heavy atom. The quantitative estimate of drug-likeness (QED) is 0.492. The van der Waals surface area contributed by atoms with Crippen molar-refractivity contribution >= 4 is 38.8 Å². The Labute approximate surface area is 121 Å². The largest absolute Gasteiger partial charge is 0.411 e. The van der Waals surface area contributed by atoms with Crippen molar-refractivity contribution in [2.24, 2.45) is 5.16 Å². The third-order valence-corrected chi connectivity index (χ3v) is 5.21. The van der Waals surface area contributed by atoms with Gasteiger partial charge in [-0.05, 0) is 18.2 Å². The number of hydrogen-bond acceptors (Lipinski definition) is 5. The summed E-state index contributed by atoms with van der Waals surface area (Å²) in [7, 11) is -3.63. The summed E-state index contributed by atoms with van der Waals surface area (Å²) >= 11 is 11.7. The van der Waals surface area contributed by atoms with Crippen LogP contribution in [-0.4, -0.2) is 42.1 Å². The molecule has 19 heavy (non-hydrogen) atoms. The average molecular weight is 326 g/mol. The third kappa shape index (κ3) is 3.60. The van der Waals surface area contributed by atoms with Crippen molar-refractivity contribution in [1.29, 1.82) is 0 Å². The molecule has 1 atom stereocenters. The van der Waals surface area contributed by atoms with Gasteiger partial charge in [0, 0.05) is 16.3 Å². The maximum Gasteiger partial charge on any atom is 0.161 e. The van der Waals surface area contributed by atoms with Crippen LogP contribution in [0.1, 0.15) is 12.5 Å². The molecular weight excluding hydrogens is 313 g/mol. The smallest absolute Gasteiger partial charge is 0.161 e. The minimum atomic E-state index is -3.63. The lowest BCUT2D eigenvalue weighted by molar-refractivity contribution is 0.296. The normalized spacial score (nSPS) is 14.4. The molecule has 0 aromatic heterocycles. The Hall–Kier alpha value is -0.820. The Morgan fingerprint density at radius 3 is 2.47 bits per heavy atom. The highest BCUT2D eigenvalue weighted by Crippen LogP contribution is 2.24. The van der Waals surface area contributed by atoms with Crippen molar-refractivity contribution in [2.75, 3.05) is 12.4 Å². The van der Waals surface area contributed by atoms with E-state index in [-0.39, 0.29) is 22.1 Å². The van der Waals surface area contributed by atoms with Crippen molar-refractivity contribution in [1.82, 2.24) is 0 Å². The highest BCUT2D eigenvalue weighted by atomic mass is 35.5. The van der Waals surface area contributed by atoms with E-state index in [1.807, 2.05) is 0 Å². The number of benzene rings is 1. The van der Waals surface area contributed by atoms with Crippen LogP contribution in [0, 0.1) is 0 Å². The monoisotopic (exact) mass is 325 g/mol. The zero-order valence-electron chi connectivity index (χ0n) is 10.0. The van der Waals surface area contributed by atoms with E-state index >= 15 is 0 Å². The third-order valence-electron chi connectivity index (χ3n) is 2.62. The average Bonchev–Trinajstić information content (AvgIpc) is 2.36. The molecule has 1 rings (SSSR count). The molecule has 0 saturated carbocycles. The maximum atomic E-state index is 11.9. The number of nitrogens with zero attached hydrogens (tertiary/aromatic N) is 1. The summed E-state index contributed by atoms with van der Waals surface area (Å²) in [6.45, 7) is 0.741. The molecule has 0 aliphatic heterocycles. The van der Waals surface area contributed by atoms with Crippen molar-refractivity contribution in [3.8, 4) is 0 Å². The summed E-state index contributed by atoms with van der Waals surface area (Å²) in [5, 5.41) is 20.5. The first-order valence-corrected chi connectivity index (χ1v) is 7.84. The van der Waals surface area contributed by atoms with E-state index in [9.17, 15) is 13.5 Å². The first-order valence-electron chi connectivity index (χ1n) is 5.37. The van der Waals surface area contributed by atoms with E-state index < -0.39 is 21.7 Å². The zero-order valence-corrected chi connectivity index (χ0v) is 12.4. The molecule has 2 N–H and O–H groups in total. The van der Waals surface area contributed by atoms with Crippen LogP contribution in [0.3, 0.4) is 0 Å². The van der Waals surface area contributed by atoms with Crippen molar-refractivity contribution in [2.45, 2.75) is 12.2 Å². The molecule has 106 valence electrons. The molecular formula is C11H13Cl2NO4S. The summed E-state index contributed by atoms with van der Waals surface area (Å²) in [6.07, 6.45) is 0. The van der Waals surface area contributed by atoms with Crippen LogP contribution in [0.15, 0.2) is 23.4 Å². The molecule has 8 heteroatoms. The topological polar surface area (TPSA) is 87.0 Å². The summed E-state index contributed by atoms with van der Waals surface area (Å²) in [5.41, 5.74) is 0.00987. The van der Waals surface area contributed by atoms with Crippen LogP contribution in [0.25, 0.3) is 0 Å². The van der Waals surface area contributed by atoms with Crippen LogP contribution in [0.2, 0.25) is 10.0 Å². The predicted octanol–water partition coefficient (Wildman–Crippen LogP) is 1.97. The second-order valence-corrected chi connectivity index (χ2v) is 7.05. The van der Waals surface area contributed by atoms with Gasteiger partial charge in [0.05, 0.1) is 11.6 Å². The van der Waals surface area contributed by atoms with Gasteiger partial charge in [-0.2, -0.15) is 0 Å². The lowest BCUT2D eigenvalue weighted by atomic mass is 10.1. The highest BCUT2D eigenvalue weighted by molar-refractivity contribution is 7.92. The number of halogens is 2. The van der Waals surface area contributed by atoms with Gasteiger partial charge < -0.3 is 10.3 Å². The molecule has 1 aromatic rings. The van der Waals surface area contributed by atoms with Gasteiger partial charge >= 0.3 is 0 Å². The summed E-state index contributed by atoms with van der Waals surface area (Å²) in [6, 6.07) is 4.32. The Kier molecular flexibility index (Phi) is 5.61. The number of sulfone groups is 1. The van der Waals surface area contributed by atoms with E-state index in [4.69, 9.17) is 28.4 Å². The number of aliphatic hydroxyl groups excluding tert-OH is 1. The standard InChI is InChI=1S/C11H13Cl2NO4S/c1-2-19(17,18)10(6-15)11(14-16)8-4-3-7(12)5-9(8)13/h3-5,10,15-16H,2,6H2,1H3/b14-11+/t10-/m1/s1. The second kappa shape index (κ2) is 6.56. The molecule has 0 fully saturated rings. The molecule has 0 heterocycles. The number of rotatable bonds is 5. The summed E-state index contributed by atoms with van der Waals surface area (Å²) < 4.78 is 23.7. The minimum absolute atomic E-state index is 0.144. The Bertz CT molecular complexity index is 586. The Balaban J connectivity index is 3.35. The molecule has 0 aliphatic rings. The van der Waals surface area contributed by atoms with Gasteiger partial charge in [-0.1, -0.05) is 35.3 Å². The molecule has 0 aliphatic carbocycles. The van der Waals surface area contributed by atoms with Crippen LogP contribution >= 0.6 is 23.2 Å². The zero-order chi connectivity index (χ0) is 14.6. The number of aliphatic hydroxyl groups is 1. The molecule has 0 radical (unpaired) electrons. The summed E-state index contributed by atoms with van der Waals surface area (Å²) in [5.74, 6) is -0.192. The van der Waals surface area contributed by atoms with E-state index in [1.165, 1.54) is 25.1 Å². The first-order chi connectivity index (χ1) is 8.87. The highest BCUT2D eigenvalue weighted by Gasteiger charge is 2.31. The van der Waals surface area contributed by atoms with Crippen LogP contribution in [0.5, 0.6) is 0 Å². The molecule has 1 aromatic carbocycles. The van der Waals surface area contributed by atoms with Gasteiger partial charge in [0.2, 0.25) is 0 Å². The van der Waals surface area contributed by atoms with E-state index in [2.05, 4.69) is 5.16 Å². The van der Waals surface area contributed by atoms with Gasteiger partial charge in [0.15, 0.2) is 9.84 Å². The van der Waals surface area contributed by atoms with E-state index in [1.54, 1.807) is 0 Å². The molecule has 0 unspecified atom stereocenters. The van der Waals surface area contributed by atoms with Gasteiger partial charge in [-0.15, -0.1) is 0 Å². The molecule has 5 nitrogen and oxygen atoms in total. The van der Waals surface area contributed by atoms with Crippen molar-refractivity contribution in [3.05, 3.63) is 33.8 Å². The van der Waals surface area contributed by atoms with Crippen molar-refractivity contribution in [3.63, 3.8) is 0 Å². The van der Waals surface area contributed by atoms with Crippen molar-refractivity contribution < 1.29 is 18.7 Å². The fourth-order valence-corrected chi connectivity index (χ4v) is 3.21. The lowest BCUT2D eigenvalue weighted by Gasteiger charge is -2.16. The molecule has 0 saturated heterocycles. The molecule has 0 amide bonds. The van der Waals surface area contributed by atoms with Crippen LogP contribution < -0.4 is 0 Å². The molecule has 0 bridgehead atoms. The first kappa shape index (κ1) is 16.2. The number of oxime groups is 1. The van der Waals surface area contributed by atoms with E-state index in [0.717, 1.165) is 0 Å². The van der Waals surface area contributed by atoms with Gasteiger partial charge in [0.25, 0.3) is 0 Å². The number of hydrogen-bond donors (Lipinski definition) is 2. The maximum absolute atomic E-state index is 11.9. The van der Waals surface area contributed by atoms with Crippen LogP contribution in [-0.2, 0) is 9.84 Å². The fraction of sp³-hybridized carbons (Fsp3) is 0.364. The predicted molar refractivity (Wildman–Crippen MR) is 75.1 cm³/mol. The Morgan fingerprint density at radius 2 is 2.05 bits per heavy atom. The van der Waals surface area contributed by atoms with E-state index in [0.29, 0.717) is 5.02 Å². The molecule has 0 spiro atoms. The van der Waals surface area contributed by atoms with Gasteiger partial charge in [-0.3, -0.25) is 0 Å². The van der Waals surface area contributed by atoms with Crippen LogP contribution in [0.4, 0.5) is 0 Å².